The van der Waals surface area contributed by atoms with Crippen LogP contribution in [0.25, 0.3) is 53.5 Å². The van der Waals surface area contributed by atoms with Crippen LogP contribution in [0.4, 0.5) is 0 Å². The number of halogens is 2. The fourth-order valence-corrected chi connectivity index (χ4v) is 11.0. The van der Waals surface area contributed by atoms with Crippen molar-refractivity contribution in [2.45, 2.75) is 65.2 Å². The van der Waals surface area contributed by atoms with Crippen LogP contribution in [0.2, 0.25) is 0 Å². The average Bonchev–Trinajstić information content (AvgIpc) is 3.75. The zero-order valence-electron chi connectivity index (χ0n) is 27.4. The molecule has 0 aliphatic rings. The van der Waals surface area contributed by atoms with Gasteiger partial charge in [-0.25, -0.2) is 0 Å². The van der Waals surface area contributed by atoms with E-state index >= 15 is 0 Å². The van der Waals surface area contributed by atoms with E-state index in [9.17, 15) is 0 Å². The van der Waals surface area contributed by atoms with Crippen LogP contribution in [0.5, 0.6) is 11.5 Å². The molecule has 6 aromatic rings. The SMILES string of the molecule is CCCCCCOc1ccc(-c2nc3c(-c4ccc(Br)[se]4)ccc(-c4ccc(Br)[se]4)c3nc2-c2ccc(OCCCCCC)cc2)cc1. The molecule has 0 bridgehead atoms. The zero-order chi connectivity index (χ0) is 33.3. The Hall–Kier alpha value is -2.44. The molecule has 0 N–H and O–H groups in total. The molecule has 8 heteroatoms. The summed E-state index contributed by atoms with van der Waals surface area (Å²) in [5.74, 6) is 1.77. The number of unbranched alkanes of at least 4 members (excludes halogenated alkanes) is 6. The van der Waals surface area contributed by atoms with Crippen molar-refractivity contribution in [1.82, 2.24) is 9.97 Å². The second-order valence-corrected chi connectivity index (χ2v) is 20.5. The zero-order valence-corrected chi connectivity index (χ0v) is 34.0. The maximum atomic E-state index is 6.09. The molecular weight excluding hydrogens is 858 g/mol. The van der Waals surface area contributed by atoms with Crippen LogP contribution >= 0.6 is 31.9 Å². The fourth-order valence-electron chi connectivity index (χ4n) is 5.71. The number of hydrogen-bond acceptors (Lipinski definition) is 4. The van der Waals surface area contributed by atoms with Crippen LogP contribution in [-0.4, -0.2) is 52.2 Å². The normalized spacial score (nSPS) is 11.3. The van der Waals surface area contributed by atoms with Crippen molar-refractivity contribution in [3.8, 4) is 54.0 Å². The van der Waals surface area contributed by atoms with Gasteiger partial charge in [0.1, 0.15) is 0 Å². The van der Waals surface area contributed by atoms with E-state index in [1.807, 2.05) is 0 Å². The van der Waals surface area contributed by atoms with E-state index in [1.165, 1.54) is 54.1 Å². The molecule has 0 atom stereocenters. The summed E-state index contributed by atoms with van der Waals surface area (Å²) >= 11 is 7.86. The van der Waals surface area contributed by atoms with Crippen LogP contribution < -0.4 is 9.47 Å². The molecule has 3 aromatic carbocycles. The Morgan fingerprint density at radius 3 is 1.27 bits per heavy atom. The summed E-state index contributed by atoms with van der Waals surface area (Å²) in [7, 11) is 0. The first-order chi connectivity index (χ1) is 23.5. The van der Waals surface area contributed by atoms with Gasteiger partial charge in [-0.05, 0) is 0 Å². The molecule has 0 fully saturated rings. The van der Waals surface area contributed by atoms with Gasteiger partial charge in [0, 0.05) is 0 Å². The number of nitrogens with zero attached hydrogens (tertiary/aromatic N) is 2. The minimum atomic E-state index is 0.193. The van der Waals surface area contributed by atoms with Gasteiger partial charge in [-0.3, -0.25) is 0 Å². The average molecular weight is 898 g/mol. The van der Waals surface area contributed by atoms with Crippen molar-refractivity contribution in [3.63, 3.8) is 0 Å². The minimum absolute atomic E-state index is 0.193. The summed E-state index contributed by atoms with van der Waals surface area (Å²) in [6.07, 6.45) is 9.49. The van der Waals surface area contributed by atoms with Gasteiger partial charge in [0.15, 0.2) is 0 Å². The van der Waals surface area contributed by atoms with Gasteiger partial charge in [0.25, 0.3) is 0 Å². The molecule has 48 heavy (non-hydrogen) atoms. The second-order valence-electron chi connectivity index (χ2n) is 11.9. The number of ether oxygens (including phenoxy) is 2. The van der Waals surface area contributed by atoms with Crippen molar-refractivity contribution in [2.75, 3.05) is 13.2 Å². The van der Waals surface area contributed by atoms with Crippen LogP contribution in [0.3, 0.4) is 0 Å². The topological polar surface area (TPSA) is 44.2 Å². The molecule has 0 aliphatic carbocycles. The summed E-state index contributed by atoms with van der Waals surface area (Å²) in [4.78, 5) is 11.0. The number of benzene rings is 3. The maximum absolute atomic E-state index is 6.09. The predicted octanol–water partition coefficient (Wildman–Crippen LogP) is 11.9. The van der Waals surface area contributed by atoms with E-state index in [-0.39, 0.29) is 29.0 Å². The molecule has 0 spiro atoms. The standard InChI is InChI=1S/C40H40Br2N2O2Se2/c1-3-5-7-9-25-45-29-15-11-27(12-16-29)37-38(28-13-17-30(18-14-28)46-26-10-8-6-4-2)44-40-32(34-22-24-36(42)48-34)20-19-31(39(40)43-37)33-21-23-35(41)47-33/h11-24H,3-10,25-26H2,1-2H3. The summed E-state index contributed by atoms with van der Waals surface area (Å²) in [5.41, 5.74) is 7.96. The van der Waals surface area contributed by atoms with E-state index in [0.29, 0.717) is 0 Å². The second kappa shape index (κ2) is 17.5. The third-order valence-corrected chi connectivity index (χ3v) is 14.3. The first-order valence-corrected chi connectivity index (χ1v) is 21.9. The number of rotatable bonds is 16. The molecule has 4 nitrogen and oxygen atoms in total. The van der Waals surface area contributed by atoms with Crippen molar-refractivity contribution >= 4 is 71.9 Å². The summed E-state index contributed by atoms with van der Waals surface area (Å²) in [6.45, 7) is 5.94. The summed E-state index contributed by atoms with van der Waals surface area (Å²) in [5, 5.41) is 0. The Bertz CT molecular complexity index is 1790. The third kappa shape index (κ3) is 8.82. The first-order valence-electron chi connectivity index (χ1n) is 16.9. The molecule has 0 radical (unpaired) electrons. The third-order valence-electron chi connectivity index (χ3n) is 8.29. The van der Waals surface area contributed by atoms with Gasteiger partial charge in [-0.15, -0.1) is 0 Å². The molecule has 0 saturated carbocycles. The quantitative estimate of drug-likeness (QED) is 0.0717. The Balaban J connectivity index is 1.44. The van der Waals surface area contributed by atoms with Crippen molar-refractivity contribution < 1.29 is 9.47 Å². The summed E-state index contributed by atoms with van der Waals surface area (Å²) < 4.78 is 17.3. The molecule has 6 rings (SSSR count). The monoisotopic (exact) mass is 898 g/mol. The van der Waals surface area contributed by atoms with Crippen molar-refractivity contribution in [2.24, 2.45) is 0 Å². The predicted molar refractivity (Wildman–Crippen MR) is 210 cm³/mol. The molecule has 0 saturated heterocycles. The van der Waals surface area contributed by atoms with Crippen molar-refractivity contribution in [3.05, 3.63) is 91.6 Å². The molecule has 3 aromatic heterocycles. The Labute approximate surface area is 313 Å². The van der Waals surface area contributed by atoms with Crippen LogP contribution in [0, 0.1) is 0 Å². The Morgan fingerprint density at radius 2 is 0.917 bits per heavy atom. The van der Waals surface area contributed by atoms with Crippen LogP contribution in [0.1, 0.15) is 65.2 Å². The number of fused-ring (bicyclic) bond motifs is 1. The fraction of sp³-hybridized carbons (Fsp3) is 0.300. The van der Waals surface area contributed by atoms with Gasteiger partial charge in [0.05, 0.1) is 0 Å². The van der Waals surface area contributed by atoms with Gasteiger partial charge in [0.2, 0.25) is 0 Å². The molecule has 248 valence electrons. The van der Waals surface area contributed by atoms with E-state index in [4.69, 9.17) is 19.4 Å². The molecule has 0 amide bonds. The van der Waals surface area contributed by atoms with Crippen LogP contribution in [-0.2, 0) is 0 Å². The van der Waals surface area contributed by atoms with E-state index in [2.05, 4.69) is 131 Å². The Morgan fingerprint density at radius 1 is 0.500 bits per heavy atom. The first kappa shape index (κ1) is 35.4. The van der Waals surface area contributed by atoms with E-state index < -0.39 is 0 Å². The van der Waals surface area contributed by atoms with Gasteiger partial charge in [-0.2, -0.15) is 0 Å². The molecular formula is C40H40Br2N2O2Se2. The van der Waals surface area contributed by atoms with Crippen molar-refractivity contribution in [1.29, 1.82) is 0 Å². The van der Waals surface area contributed by atoms with Gasteiger partial charge >= 0.3 is 263 Å². The summed E-state index contributed by atoms with van der Waals surface area (Å²) in [6, 6.07) is 30.0. The molecule has 3 heterocycles. The van der Waals surface area contributed by atoms with E-state index in [1.54, 1.807) is 0 Å². The number of aromatic nitrogens is 2. The van der Waals surface area contributed by atoms with Crippen LogP contribution in [0.15, 0.2) is 91.6 Å². The van der Waals surface area contributed by atoms with Gasteiger partial charge in [-0.1, -0.05) is 52.4 Å². The van der Waals surface area contributed by atoms with E-state index in [0.717, 1.165) is 82.2 Å². The molecule has 0 aliphatic heterocycles. The number of hydrogen-bond donors (Lipinski definition) is 0. The Kier molecular flexibility index (Phi) is 12.9. The van der Waals surface area contributed by atoms with Gasteiger partial charge < -0.3 is 0 Å². The molecule has 0 unspecified atom stereocenters.